The maximum atomic E-state index is 12.6. The van der Waals surface area contributed by atoms with Gasteiger partial charge in [-0.1, -0.05) is 22.8 Å². The zero-order valence-corrected chi connectivity index (χ0v) is 16.7. The fourth-order valence-electron chi connectivity index (χ4n) is 3.27. The summed E-state index contributed by atoms with van der Waals surface area (Å²) < 4.78 is 5.32. The first-order valence-electron chi connectivity index (χ1n) is 9.34. The van der Waals surface area contributed by atoms with Crippen molar-refractivity contribution >= 4 is 23.2 Å². The standard InChI is InChI=1S/C20H18ClN5O4/c21-16-3-1-2-15(12-16)20(27)25-10-8-24(9-11-25)13-18-22-19(23-30-18)14-4-6-17(7-5-14)26(28)29/h1-7,12H,8-11,13H2. The van der Waals surface area contributed by atoms with Crippen LogP contribution in [0, 0.1) is 10.1 Å². The van der Waals surface area contributed by atoms with Crippen LogP contribution < -0.4 is 0 Å². The topological polar surface area (TPSA) is 106 Å². The molecule has 0 spiro atoms. The van der Waals surface area contributed by atoms with Crippen molar-refractivity contribution in [2.45, 2.75) is 6.54 Å². The number of piperazine rings is 1. The Hall–Kier alpha value is -3.30. The number of hydrogen-bond acceptors (Lipinski definition) is 7. The van der Waals surface area contributed by atoms with Crippen molar-refractivity contribution in [3.8, 4) is 11.4 Å². The minimum atomic E-state index is -0.456. The molecule has 1 fully saturated rings. The quantitative estimate of drug-likeness (QED) is 0.454. The van der Waals surface area contributed by atoms with Crippen LogP contribution in [0.3, 0.4) is 0 Å². The molecule has 2 aromatic carbocycles. The number of rotatable bonds is 5. The monoisotopic (exact) mass is 427 g/mol. The maximum Gasteiger partial charge on any atom is 0.269 e. The molecule has 0 saturated carbocycles. The first kappa shape index (κ1) is 20.0. The molecule has 10 heteroatoms. The van der Waals surface area contributed by atoms with Gasteiger partial charge in [0.1, 0.15) is 0 Å². The number of benzene rings is 2. The van der Waals surface area contributed by atoms with Gasteiger partial charge in [-0.05, 0) is 30.3 Å². The Morgan fingerprint density at radius 1 is 1.13 bits per heavy atom. The molecule has 0 aliphatic carbocycles. The minimum Gasteiger partial charge on any atom is -0.338 e. The second-order valence-electron chi connectivity index (χ2n) is 6.89. The lowest BCUT2D eigenvalue weighted by molar-refractivity contribution is -0.384. The molecule has 1 aliphatic heterocycles. The number of carbonyl (C=O) groups excluding carboxylic acids is 1. The van der Waals surface area contributed by atoms with Gasteiger partial charge in [-0.25, -0.2) is 0 Å². The van der Waals surface area contributed by atoms with E-state index in [4.69, 9.17) is 16.1 Å². The summed E-state index contributed by atoms with van der Waals surface area (Å²) in [7, 11) is 0. The molecule has 1 amide bonds. The molecule has 30 heavy (non-hydrogen) atoms. The highest BCUT2D eigenvalue weighted by Gasteiger charge is 2.23. The predicted octanol–water partition coefficient (Wildman–Crippen LogP) is 3.26. The van der Waals surface area contributed by atoms with Crippen LogP contribution in [-0.2, 0) is 6.54 Å². The lowest BCUT2D eigenvalue weighted by Crippen LogP contribution is -2.48. The van der Waals surface area contributed by atoms with Crippen molar-refractivity contribution < 1.29 is 14.2 Å². The summed E-state index contributed by atoms with van der Waals surface area (Å²) in [4.78, 5) is 31.2. The number of non-ortho nitro benzene ring substituents is 1. The molecule has 1 saturated heterocycles. The van der Waals surface area contributed by atoms with Crippen molar-refractivity contribution in [3.63, 3.8) is 0 Å². The van der Waals surface area contributed by atoms with Crippen LogP contribution in [-0.4, -0.2) is 56.9 Å². The van der Waals surface area contributed by atoms with Gasteiger partial charge < -0.3 is 9.42 Å². The smallest absolute Gasteiger partial charge is 0.269 e. The van der Waals surface area contributed by atoms with E-state index in [0.717, 1.165) is 0 Å². The Morgan fingerprint density at radius 3 is 2.53 bits per heavy atom. The molecular formula is C20H18ClN5O4. The zero-order chi connectivity index (χ0) is 21.1. The third-order valence-electron chi connectivity index (χ3n) is 4.89. The highest BCUT2D eigenvalue weighted by atomic mass is 35.5. The number of nitro benzene ring substituents is 1. The first-order valence-corrected chi connectivity index (χ1v) is 9.72. The first-order chi connectivity index (χ1) is 14.5. The summed E-state index contributed by atoms with van der Waals surface area (Å²) >= 11 is 5.98. The zero-order valence-electron chi connectivity index (χ0n) is 15.9. The molecule has 0 radical (unpaired) electrons. The van der Waals surface area contributed by atoms with Crippen LogP contribution >= 0.6 is 11.6 Å². The van der Waals surface area contributed by atoms with Gasteiger partial charge >= 0.3 is 0 Å². The second kappa shape index (κ2) is 8.60. The summed E-state index contributed by atoms with van der Waals surface area (Å²) in [6, 6.07) is 12.9. The normalized spacial score (nSPS) is 14.6. The summed E-state index contributed by atoms with van der Waals surface area (Å²) in [5.41, 5.74) is 1.24. The van der Waals surface area contributed by atoms with Crippen LogP contribution in [0.5, 0.6) is 0 Å². The van der Waals surface area contributed by atoms with E-state index in [1.165, 1.54) is 12.1 Å². The van der Waals surface area contributed by atoms with Gasteiger partial charge in [0.2, 0.25) is 11.7 Å². The van der Waals surface area contributed by atoms with Crippen LogP contribution in [0.25, 0.3) is 11.4 Å². The molecule has 1 aromatic heterocycles. The number of hydrogen-bond donors (Lipinski definition) is 0. The van der Waals surface area contributed by atoms with Crippen LogP contribution in [0.15, 0.2) is 53.1 Å². The number of aromatic nitrogens is 2. The fraction of sp³-hybridized carbons (Fsp3) is 0.250. The summed E-state index contributed by atoms with van der Waals surface area (Å²) in [6.45, 7) is 3.02. The van der Waals surface area contributed by atoms with Gasteiger partial charge in [-0.3, -0.25) is 19.8 Å². The lowest BCUT2D eigenvalue weighted by Gasteiger charge is -2.34. The predicted molar refractivity (Wildman–Crippen MR) is 109 cm³/mol. The molecule has 0 N–H and O–H groups in total. The average Bonchev–Trinajstić information content (AvgIpc) is 3.22. The number of carbonyl (C=O) groups is 1. The average molecular weight is 428 g/mol. The highest BCUT2D eigenvalue weighted by molar-refractivity contribution is 6.30. The summed E-state index contributed by atoms with van der Waals surface area (Å²) in [6.07, 6.45) is 0. The fourth-order valence-corrected chi connectivity index (χ4v) is 3.46. The van der Waals surface area contributed by atoms with E-state index in [2.05, 4.69) is 15.0 Å². The number of nitro groups is 1. The van der Waals surface area contributed by atoms with Crippen LogP contribution in [0.4, 0.5) is 5.69 Å². The van der Waals surface area contributed by atoms with Gasteiger partial charge in [0.25, 0.3) is 11.6 Å². The van der Waals surface area contributed by atoms with E-state index >= 15 is 0 Å². The van der Waals surface area contributed by atoms with E-state index in [-0.39, 0.29) is 11.6 Å². The van der Waals surface area contributed by atoms with E-state index in [9.17, 15) is 14.9 Å². The number of halogens is 1. The van der Waals surface area contributed by atoms with Gasteiger partial charge in [0, 0.05) is 54.5 Å². The van der Waals surface area contributed by atoms with E-state index in [1.807, 2.05) is 0 Å². The maximum absolute atomic E-state index is 12.6. The third-order valence-corrected chi connectivity index (χ3v) is 5.13. The van der Waals surface area contributed by atoms with Crippen molar-refractivity contribution in [2.75, 3.05) is 26.2 Å². The van der Waals surface area contributed by atoms with Gasteiger partial charge in [-0.2, -0.15) is 4.98 Å². The van der Waals surface area contributed by atoms with Crippen LogP contribution in [0.2, 0.25) is 5.02 Å². The van der Waals surface area contributed by atoms with Crippen LogP contribution in [0.1, 0.15) is 16.2 Å². The minimum absolute atomic E-state index is 0.00709. The van der Waals surface area contributed by atoms with Gasteiger partial charge in [-0.15, -0.1) is 0 Å². The Morgan fingerprint density at radius 2 is 1.87 bits per heavy atom. The molecule has 154 valence electrons. The molecular weight excluding hydrogens is 410 g/mol. The van der Waals surface area contributed by atoms with E-state index < -0.39 is 4.92 Å². The molecule has 0 unspecified atom stereocenters. The van der Waals surface area contributed by atoms with Crippen molar-refractivity contribution in [1.29, 1.82) is 0 Å². The van der Waals surface area contributed by atoms with E-state index in [0.29, 0.717) is 60.6 Å². The molecule has 1 aliphatic rings. The SMILES string of the molecule is O=C(c1cccc(Cl)c1)N1CCN(Cc2nc(-c3ccc([N+](=O)[O-])cc3)no2)CC1. The third kappa shape index (κ3) is 4.47. The molecule has 9 nitrogen and oxygen atoms in total. The van der Waals surface area contributed by atoms with Crippen molar-refractivity contribution in [3.05, 3.63) is 75.1 Å². The summed E-state index contributed by atoms with van der Waals surface area (Å²) in [5, 5.41) is 15.3. The van der Waals surface area contributed by atoms with E-state index in [1.54, 1.807) is 41.3 Å². The Balaban J connectivity index is 1.33. The molecule has 3 aromatic rings. The number of nitrogens with zero attached hydrogens (tertiary/aromatic N) is 5. The lowest BCUT2D eigenvalue weighted by atomic mass is 10.2. The van der Waals surface area contributed by atoms with Crippen molar-refractivity contribution in [1.82, 2.24) is 19.9 Å². The van der Waals surface area contributed by atoms with Gasteiger partial charge in [0.15, 0.2) is 0 Å². The molecule has 4 rings (SSSR count). The Kier molecular flexibility index (Phi) is 5.73. The van der Waals surface area contributed by atoms with Crippen molar-refractivity contribution in [2.24, 2.45) is 0 Å². The Bertz CT molecular complexity index is 1060. The highest BCUT2D eigenvalue weighted by Crippen LogP contribution is 2.21. The number of amides is 1. The summed E-state index contributed by atoms with van der Waals surface area (Å²) in [5.74, 6) is 0.808. The Labute approximate surface area is 177 Å². The van der Waals surface area contributed by atoms with Gasteiger partial charge in [0.05, 0.1) is 11.5 Å². The largest absolute Gasteiger partial charge is 0.338 e. The molecule has 2 heterocycles. The molecule has 0 bridgehead atoms. The molecule has 0 atom stereocenters. The second-order valence-corrected chi connectivity index (χ2v) is 7.33.